The standard InChI is InChI=1S/C13H17N5O2/c1-3-8-20-13-9(14)4-5-11(16-13)18-7-6-10(17-18)12(19)15-2/h4-7H,3,8,14H2,1-2H3,(H,15,19). The number of aromatic nitrogens is 3. The minimum Gasteiger partial charge on any atom is -0.476 e. The van der Waals surface area contributed by atoms with E-state index in [1.54, 1.807) is 31.4 Å². The smallest absolute Gasteiger partial charge is 0.271 e. The summed E-state index contributed by atoms with van der Waals surface area (Å²) in [6.07, 6.45) is 2.53. The Balaban J connectivity index is 2.28. The Bertz CT molecular complexity index is 609. The van der Waals surface area contributed by atoms with Gasteiger partial charge < -0.3 is 15.8 Å². The lowest BCUT2D eigenvalue weighted by atomic mass is 10.4. The van der Waals surface area contributed by atoms with Crippen molar-refractivity contribution >= 4 is 11.6 Å². The number of carbonyl (C=O) groups is 1. The van der Waals surface area contributed by atoms with E-state index in [4.69, 9.17) is 10.5 Å². The second-order valence-corrected chi connectivity index (χ2v) is 4.14. The highest BCUT2D eigenvalue weighted by Gasteiger charge is 2.10. The lowest BCUT2D eigenvalue weighted by Crippen LogP contribution is -2.18. The number of carbonyl (C=O) groups excluding carboxylic acids is 1. The number of anilines is 1. The lowest BCUT2D eigenvalue weighted by molar-refractivity contribution is 0.0957. The minimum atomic E-state index is -0.248. The summed E-state index contributed by atoms with van der Waals surface area (Å²) in [6.45, 7) is 2.55. The molecule has 2 aromatic heterocycles. The molecule has 0 unspecified atom stereocenters. The predicted octanol–water partition coefficient (Wildman–Crippen LogP) is 0.998. The number of nitrogens with zero attached hydrogens (tertiary/aromatic N) is 3. The Morgan fingerprint density at radius 2 is 2.25 bits per heavy atom. The molecule has 1 amide bonds. The minimum absolute atomic E-state index is 0.248. The molecule has 7 nitrogen and oxygen atoms in total. The third-order valence-electron chi connectivity index (χ3n) is 2.60. The van der Waals surface area contributed by atoms with Gasteiger partial charge >= 0.3 is 0 Å². The first-order valence-corrected chi connectivity index (χ1v) is 6.33. The number of hydrogen-bond donors (Lipinski definition) is 2. The van der Waals surface area contributed by atoms with Crippen LogP contribution in [0, 0.1) is 0 Å². The van der Waals surface area contributed by atoms with Crippen LogP contribution in [0.3, 0.4) is 0 Å². The first-order valence-electron chi connectivity index (χ1n) is 6.33. The van der Waals surface area contributed by atoms with E-state index in [2.05, 4.69) is 15.4 Å². The van der Waals surface area contributed by atoms with Crippen LogP contribution in [0.5, 0.6) is 5.88 Å². The molecule has 0 atom stereocenters. The Morgan fingerprint density at radius 3 is 2.95 bits per heavy atom. The summed E-state index contributed by atoms with van der Waals surface area (Å²) in [6, 6.07) is 5.03. The topological polar surface area (TPSA) is 95.1 Å². The zero-order valence-corrected chi connectivity index (χ0v) is 11.5. The van der Waals surface area contributed by atoms with E-state index in [0.29, 0.717) is 29.7 Å². The first kappa shape index (κ1) is 13.9. The second kappa shape index (κ2) is 6.05. The second-order valence-electron chi connectivity index (χ2n) is 4.14. The van der Waals surface area contributed by atoms with E-state index in [1.165, 1.54) is 4.68 Å². The fourth-order valence-electron chi connectivity index (χ4n) is 1.58. The summed E-state index contributed by atoms with van der Waals surface area (Å²) in [5.74, 6) is 0.670. The maximum absolute atomic E-state index is 11.5. The van der Waals surface area contributed by atoms with Crippen molar-refractivity contribution in [1.29, 1.82) is 0 Å². The van der Waals surface area contributed by atoms with Crippen LogP contribution in [0.15, 0.2) is 24.4 Å². The van der Waals surface area contributed by atoms with Crippen LogP contribution in [0.1, 0.15) is 23.8 Å². The number of ether oxygens (including phenoxy) is 1. The lowest BCUT2D eigenvalue weighted by Gasteiger charge is -2.08. The highest BCUT2D eigenvalue weighted by atomic mass is 16.5. The van der Waals surface area contributed by atoms with Crippen molar-refractivity contribution in [3.8, 4) is 11.7 Å². The van der Waals surface area contributed by atoms with Crippen LogP contribution in [-0.4, -0.2) is 34.3 Å². The highest BCUT2D eigenvalue weighted by Crippen LogP contribution is 2.20. The van der Waals surface area contributed by atoms with Gasteiger partial charge in [0.2, 0.25) is 5.88 Å². The molecular formula is C13H17N5O2. The molecule has 2 aromatic rings. The molecular weight excluding hydrogens is 258 g/mol. The van der Waals surface area contributed by atoms with Gasteiger partial charge in [0.1, 0.15) is 0 Å². The summed E-state index contributed by atoms with van der Waals surface area (Å²) in [5.41, 5.74) is 6.60. The summed E-state index contributed by atoms with van der Waals surface area (Å²) >= 11 is 0. The molecule has 0 saturated heterocycles. The molecule has 20 heavy (non-hydrogen) atoms. The van der Waals surface area contributed by atoms with Crippen LogP contribution in [0.25, 0.3) is 5.82 Å². The molecule has 0 aromatic carbocycles. The molecule has 0 aliphatic heterocycles. The molecule has 3 N–H and O–H groups in total. The van der Waals surface area contributed by atoms with Gasteiger partial charge in [-0.1, -0.05) is 6.92 Å². The van der Waals surface area contributed by atoms with Crippen LogP contribution in [0.2, 0.25) is 0 Å². The third kappa shape index (κ3) is 2.87. The Kier molecular flexibility index (Phi) is 4.19. The number of nitrogens with two attached hydrogens (primary N) is 1. The summed E-state index contributed by atoms with van der Waals surface area (Å²) < 4.78 is 6.97. The van der Waals surface area contributed by atoms with Crippen molar-refractivity contribution in [2.75, 3.05) is 19.4 Å². The van der Waals surface area contributed by atoms with Gasteiger partial charge in [0, 0.05) is 13.2 Å². The van der Waals surface area contributed by atoms with E-state index in [9.17, 15) is 4.79 Å². The number of nitrogen functional groups attached to an aromatic ring is 1. The normalized spacial score (nSPS) is 10.3. The number of amides is 1. The largest absolute Gasteiger partial charge is 0.476 e. The van der Waals surface area contributed by atoms with Crippen molar-refractivity contribution in [3.63, 3.8) is 0 Å². The average molecular weight is 275 g/mol. The molecule has 7 heteroatoms. The zero-order chi connectivity index (χ0) is 14.5. The van der Waals surface area contributed by atoms with E-state index in [0.717, 1.165) is 6.42 Å². The fraction of sp³-hybridized carbons (Fsp3) is 0.308. The predicted molar refractivity (Wildman–Crippen MR) is 74.9 cm³/mol. The maximum atomic E-state index is 11.5. The van der Waals surface area contributed by atoms with Gasteiger partial charge in [-0.25, -0.2) is 4.68 Å². The maximum Gasteiger partial charge on any atom is 0.271 e. The van der Waals surface area contributed by atoms with Crippen molar-refractivity contribution in [2.45, 2.75) is 13.3 Å². The fourth-order valence-corrected chi connectivity index (χ4v) is 1.58. The number of pyridine rings is 1. The molecule has 0 spiro atoms. The Labute approximate surface area is 116 Å². The van der Waals surface area contributed by atoms with Crippen molar-refractivity contribution < 1.29 is 9.53 Å². The van der Waals surface area contributed by atoms with E-state index in [1.807, 2.05) is 6.92 Å². The first-order chi connectivity index (χ1) is 9.65. The highest BCUT2D eigenvalue weighted by molar-refractivity contribution is 5.91. The third-order valence-corrected chi connectivity index (χ3v) is 2.60. The molecule has 0 aliphatic rings. The molecule has 2 rings (SSSR count). The number of hydrogen-bond acceptors (Lipinski definition) is 5. The van der Waals surface area contributed by atoms with E-state index < -0.39 is 0 Å². The Morgan fingerprint density at radius 1 is 1.45 bits per heavy atom. The van der Waals surface area contributed by atoms with Crippen LogP contribution in [0.4, 0.5) is 5.69 Å². The number of rotatable bonds is 5. The summed E-state index contributed by atoms with van der Waals surface area (Å²) in [7, 11) is 1.56. The molecule has 0 fully saturated rings. The van der Waals surface area contributed by atoms with Crippen LogP contribution in [-0.2, 0) is 0 Å². The molecule has 0 bridgehead atoms. The van der Waals surface area contributed by atoms with Gasteiger partial charge in [0.25, 0.3) is 5.91 Å². The quantitative estimate of drug-likeness (QED) is 0.848. The molecule has 0 aliphatic carbocycles. The van der Waals surface area contributed by atoms with E-state index in [-0.39, 0.29) is 5.91 Å². The molecule has 0 radical (unpaired) electrons. The van der Waals surface area contributed by atoms with Gasteiger partial charge in [-0.2, -0.15) is 10.1 Å². The number of nitrogens with one attached hydrogen (secondary N) is 1. The van der Waals surface area contributed by atoms with E-state index >= 15 is 0 Å². The molecule has 2 heterocycles. The van der Waals surface area contributed by atoms with Gasteiger partial charge in [0.15, 0.2) is 11.5 Å². The van der Waals surface area contributed by atoms with Crippen molar-refractivity contribution in [1.82, 2.24) is 20.1 Å². The van der Waals surface area contributed by atoms with Crippen molar-refractivity contribution in [3.05, 3.63) is 30.1 Å². The van der Waals surface area contributed by atoms with Gasteiger partial charge in [-0.3, -0.25) is 4.79 Å². The molecule has 106 valence electrons. The van der Waals surface area contributed by atoms with Gasteiger partial charge in [-0.05, 0) is 24.6 Å². The monoisotopic (exact) mass is 275 g/mol. The summed E-state index contributed by atoms with van der Waals surface area (Å²) in [5, 5.41) is 6.66. The van der Waals surface area contributed by atoms with Crippen molar-refractivity contribution in [2.24, 2.45) is 0 Å². The van der Waals surface area contributed by atoms with Gasteiger partial charge in [-0.15, -0.1) is 0 Å². The van der Waals surface area contributed by atoms with Crippen LogP contribution >= 0.6 is 0 Å². The molecule has 0 saturated carbocycles. The average Bonchev–Trinajstić information content (AvgIpc) is 2.95. The van der Waals surface area contributed by atoms with Gasteiger partial charge in [0.05, 0.1) is 12.3 Å². The SMILES string of the molecule is CCCOc1nc(-n2ccc(C(=O)NC)n2)ccc1N. The van der Waals surface area contributed by atoms with Crippen LogP contribution < -0.4 is 15.8 Å². The zero-order valence-electron chi connectivity index (χ0n) is 11.5. The Hall–Kier alpha value is -2.57. The summed E-state index contributed by atoms with van der Waals surface area (Å²) in [4.78, 5) is 15.8.